The van der Waals surface area contributed by atoms with Crippen molar-refractivity contribution in [3.63, 3.8) is 0 Å². The number of hydrogen-bond acceptors (Lipinski definition) is 3. The molecule has 0 unspecified atom stereocenters. The summed E-state index contributed by atoms with van der Waals surface area (Å²) in [6.07, 6.45) is 3.75. The normalized spacial score (nSPS) is 22.0. The molecule has 2 aliphatic rings. The van der Waals surface area contributed by atoms with Gasteiger partial charge in [0.05, 0.1) is 0 Å². The fraction of sp³-hybridized carbons (Fsp3) is 0.625. The Kier molecular flexibility index (Phi) is 4.40. The smallest absolute Gasteiger partial charge is 0.387 e. The van der Waals surface area contributed by atoms with E-state index in [-0.39, 0.29) is 5.75 Å². The Balaban J connectivity index is 1.59. The largest absolute Gasteiger partial charge is 0.435 e. The molecule has 0 aromatic heterocycles. The number of likely N-dealkylation sites (tertiary alicyclic amines) is 1. The first-order valence-corrected chi connectivity index (χ1v) is 7.62. The molecule has 3 rings (SSSR count). The van der Waals surface area contributed by atoms with Crippen LogP contribution in [0.3, 0.4) is 0 Å². The summed E-state index contributed by atoms with van der Waals surface area (Å²) in [6.45, 7) is 2.51. The van der Waals surface area contributed by atoms with Crippen LogP contribution in [-0.4, -0.2) is 37.7 Å². The van der Waals surface area contributed by atoms with E-state index in [0.717, 1.165) is 38.3 Å². The third-order valence-electron chi connectivity index (χ3n) is 4.71. The average molecular weight is 296 g/mol. The van der Waals surface area contributed by atoms with Gasteiger partial charge in [-0.2, -0.15) is 8.78 Å². The van der Waals surface area contributed by atoms with E-state index in [0.29, 0.717) is 5.41 Å². The molecule has 0 bridgehead atoms. The van der Waals surface area contributed by atoms with Gasteiger partial charge in [0.2, 0.25) is 0 Å². The highest BCUT2D eigenvalue weighted by atomic mass is 19.3. The van der Waals surface area contributed by atoms with Gasteiger partial charge in [-0.25, -0.2) is 0 Å². The summed E-state index contributed by atoms with van der Waals surface area (Å²) < 4.78 is 29.0. The highest BCUT2D eigenvalue weighted by molar-refractivity contribution is 5.28. The van der Waals surface area contributed by atoms with Crippen LogP contribution in [0.1, 0.15) is 24.8 Å². The van der Waals surface area contributed by atoms with Crippen molar-refractivity contribution in [3.8, 4) is 5.75 Å². The Bertz CT molecular complexity index is 475. The molecule has 0 aliphatic carbocycles. The number of piperidine rings is 1. The molecule has 0 atom stereocenters. The maximum Gasteiger partial charge on any atom is 0.387 e. The van der Waals surface area contributed by atoms with E-state index < -0.39 is 6.61 Å². The predicted octanol–water partition coefficient (Wildman–Crippen LogP) is 2.86. The monoisotopic (exact) mass is 296 g/mol. The molecule has 1 aromatic carbocycles. The third-order valence-corrected chi connectivity index (χ3v) is 4.71. The van der Waals surface area contributed by atoms with E-state index in [1.807, 2.05) is 6.07 Å². The van der Waals surface area contributed by atoms with Crippen LogP contribution >= 0.6 is 0 Å². The molecule has 2 fully saturated rings. The quantitative estimate of drug-likeness (QED) is 0.924. The van der Waals surface area contributed by atoms with Gasteiger partial charge in [-0.15, -0.1) is 0 Å². The number of nitrogens with one attached hydrogen (secondary N) is 1. The summed E-state index contributed by atoms with van der Waals surface area (Å²) in [5, 5.41) is 3.42. The summed E-state index contributed by atoms with van der Waals surface area (Å²) in [4.78, 5) is 2.44. The van der Waals surface area contributed by atoms with Crippen LogP contribution in [0.25, 0.3) is 0 Å². The van der Waals surface area contributed by atoms with Gasteiger partial charge in [-0.3, -0.25) is 4.90 Å². The number of benzene rings is 1. The van der Waals surface area contributed by atoms with Gasteiger partial charge >= 0.3 is 6.61 Å². The Hall–Kier alpha value is -1.20. The highest BCUT2D eigenvalue weighted by Gasteiger charge is 2.38. The number of halogens is 2. The lowest BCUT2D eigenvalue weighted by atomic mass is 9.78. The molecule has 0 amide bonds. The van der Waals surface area contributed by atoms with Gasteiger partial charge in [0, 0.05) is 13.1 Å². The van der Waals surface area contributed by atoms with E-state index in [9.17, 15) is 8.78 Å². The van der Waals surface area contributed by atoms with E-state index in [1.54, 1.807) is 18.2 Å². The zero-order valence-corrected chi connectivity index (χ0v) is 12.2. The predicted molar refractivity (Wildman–Crippen MR) is 77.5 cm³/mol. The summed E-state index contributed by atoms with van der Waals surface area (Å²) in [6, 6.07) is 7.06. The number of ether oxygens (including phenoxy) is 1. The summed E-state index contributed by atoms with van der Waals surface area (Å²) in [5.41, 5.74) is 1.52. The molecule has 116 valence electrons. The van der Waals surface area contributed by atoms with Gasteiger partial charge in [-0.05, 0) is 62.0 Å². The lowest BCUT2D eigenvalue weighted by molar-refractivity contribution is -0.0499. The number of hydrogen-bond donors (Lipinski definition) is 1. The van der Waals surface area contributed by atoms with Crippen molar-refractivity contribution < 1.29 is 13.5 Å². The summed E-state index contributed by atoms with van der Waals surface area (Å²) in [5.74, 6) is 0.248. The molecule has 1 aromatic rings. The van der Waals surface area contributed by atoms with E-state index in [1.165, 1.54) is 19.3 Å². The first-order valence-electron chi connectivity index (χ1n) is 7.62. The minimum absolute atomic E-state index is 0.248. The lowest BCUT2D eigenvalue weighted by Crippen LogP contribution is -2.38. The summed E-state index contributed by atoms with van der Waals surface area (Å²) in [7, 11) is 0. The van der Waals surface area contributed by atoms with Gasteiger partial charge in [-0.1, -0.05) is 12.1 Å². The van der Waals surface area contributed by atoms with Crippen LogP contribution in [0.15, 0.2) is 24.3 Å². The van der Waals surface area contributed by atoms with Crippen molar-refractivity contribution >= 4 is 0 Å². The second-order valence-electron chi connectivity index (χ2n) is 6.24. The van der Waals surface area contributed by atoms with Gasteiger partial charge < -0.3 is 10.1 Å². The molecular formula is C16H22F2N2O. The molecule has 5 heteroatoms. The van der Waals surface area contributed by atoms with E-state index >= 15 is 0 Å². The lowest BCUT2D eigenvalue weighted by Gasteiger charge is -2.33. The van der Waals surface area contributed by atoms with Crippen LogP contribution < -0.4 is 10.1 Å². The molecule has 0 radical (unpaired) electrons. The highest BCUT2D eigenvalue weighted by Crippen LogP contribution is 2.39. The first-order chi connectivity index (χ1) is 10.2. The Morgan fingerprint density at radius 2 is 2.05 bits per heavy atom. The van der Waals surface area contributed by atoms with Crippen molar-refractivity contribution in [2.45, 2.75) is 32.4 Å². The fourth-order valence-corrected chi connectivity index (χ4v) is 3.61. The SMILES string of the molecule is FC(F)Oc1cccc(CN2CCC3(CCNCC3)C2)c1. The van der Waals surface area contributed by atoms with Crippen LogP contribution in [0.4, 0.5) is 8.78 Å². The van der Waals surface area contributed by atoms with Crippen molar-refractivity contribution in [3.05, 3.63) is 29.8 Å². The van der Waals surface area contributed by atoms with Crippen molar-refractivity contribution in [2.24, 2.45) is 5.41 Å². The maximum absolute atomic E-state index is 12.3. The van der Waals surface area contributed by atoms with Gasteiger partial charge in [0.25, 0.3) is 0 Å². The van der Waals surface area contributed by atoms with Crippen LogP contribution in [0.2, 0.25) is 0 Å². The molecule has 1 N–H and O–H groups in total. The minimum atomic E-state index is -2.76. The average Bonchev–Trinajstić information content (AvgIpc) is 2.82. The van der Waals surface area contributed by atoms with Crippen LogP contribution in [0, 0.1) is 5.41 Å². The Morgan fingerprint density at radius 3 is 2.81 bits per heavy atom. The molecular weight excluding hydrogens is 274 g/mol. The Labute approximate surface area is 124 Å². The molecule has 2 heterocycles. The minimum Gasteiger partial charge on any atom is -0.435 e. The second-order valence-corrected chi connectivity index (χ2v) is 6.24. The van der Waals surface area contributed by atoms with Crippen molar-refractivity contribution in [1.29, 1.82) is 0 Å². The topological polar surface area (TPSA) is 24.5 Å². The van der Waals surface area contributed by atoms with Gasteiger partial charge in [0.15, 0.2) is 0 Å². The first kappa shape index (κ1) is 14.7. The molecule has 2 aliphatic heterocycles. The Morgan fingerprint density at radius 1 is 1.24 bits per heavy atom. The van der Waals surface area contributed by atoms with Crippen molar-refractivity contribution in [1.82, 2.24) is 10.2 Å². The zero-order chi connectivity index (χ0) is 14.7. The molecule has 2 saturated heterocycles. The maximum atomic E-state index is 12.3. The third kappa shape index (κ3) is 3.71. The van der Waals surface area contributed by atoms with E-state index in [4.69, 9.17) is 0 Å². The zero-order valence-electron chi connectivity index (χ0n) is 12.2. The second kappa shape index (κ2) is 6.28. The molecule has 0 saturated carbocycles. The van der Waals surface area contributed by atoms with Gasteiger partial charge in [0.1, 0.15) is 5.75 Å². The molecule has 1 spiro atoms. The summed E-state index contributed by atoms with van der Waals surface area (Å²) >= 11 is 0. The number of rotatable bonds is 4. The van der Waals surface area contributed by atoms with Crippen LogP contribution in [-0.2, 0) is 6.54 Å². The van der Waals surface area contributed by atoms with Crippen molar-refractivity contribution in [2.75, 3.05) is 26.2 Å². The van der Waals surface area contributed by atoms with E-state index in [2.05, 4.69) is 15.0 Å². The van der Waals surface area contributed by atoms with Crippen LogP contribution in [0.5, 0.6) is 5.75 Å². The number of alkyl halides is 2. The number of nitrogens with zero attached hydrogens (tertiary/aromatic N) is 1. The standard InChI is InChI=1S/C16H22F2N2O/c17-15(18)21-14-3-1-2-13(10-14)11-20-9-6-16(12-20)4-7-19-8-5-16/h1-3,10,15,19H,4-9,11-12H2. The molecule has 21 heavy (non-hydrogen) atoms. The fourth-order valence-electron chi connectivity index (χ4n) is 3.61. The molecule has 3 nitrogen and oxygen atoms in total.